The third-order valence-electron chi connectivity index (χ3n) is 2.80. The Bertz CT molecular complexity index is 350. The van der Waals surface area contributed by atoms with Crippen molar-refractivity contribution in [2.75, 3.05) is 26.2 Å². The molecule has 0 aromatic heterocycles. The van der Waals surface area contributed by atoms with Crippen LogP contribution in [0, 0.1) is 5.92 Å². The van der Waals surface area contributed by atoms with Crippen molar-refractivity contribution in [2.24, 2.45) is 5.92 Å². The predicted octanol–water partition coefficient (Wildman–Crippen LogP) is 0.539. The molecule has 1 saturated heterocycles. The number of ether oxygens (including phenoxy) is 1. The van der Waals surface area contributed by atoms with E-state index in [1.807, 2.05) is 30.3 Å². The lowest BCUT2D eigenvalue weighted by Gasteiger charge is -2.27. The average molecular weight is 234 g/mol. The van der Waals surface area contributed by atoms with Gasteiger partial charge in [-0.05, 0) is 5.56 Å². The fraction of sp³-hybridized carbons (Fsp3) is 0.462. The summed E-state index contributed by atoms with van der Waals surface area (Å²) in [5.41, 5.74) is 1.09. The lowest BCUT2D eigenvalue weighted by Crippen LogP contribution is -2.48. The first-order valence-corrected chi connectivity index (χ1v) is 5.93. The number of benzene rings is 1. The number of nitrogens with one attached hydrogen (secondary N) is 2. The van der Waals surface area contributed by atoms with Crippen molar-refractivity contribution < 1.29 is 9.53 Å². The quantitative estimate of drug-likeness (QED) is 0.755. The van der Waals surface area contributed by atoms with Crippen molar-refractivity contribution in [1.29, 1.82) is 0 Å². The normalized spacial score (nSPS) is 15.3. The molecular weight excluding hydrogens is 216 g/mol. The Morgan fingerprint density at radius 2 is 2.12 bits per heavy atom. The largest absolute Gasteiger partial charge is 0.367 e. The molecule has 1 heterocycles. The van der Waals surface area contributed by atoms with Crippen LogP contribution in [0.2, 0.25) is 0 Å². The Labute approximate surface area is 101 Å². The molecule has 0 aliphatic carbocycles. The van der Waals surface area contributed by atoms with Crippen molar-refractivity contribution in [3.8, 4) is 0 Å². The standard InChI is InChI=1S/C13H18N2O2/c16-13(15-8-12-6-14-7-12)10-17-9-11-4-2-1-3-5-11/h1-5,12,14H,6-10H2,(H,15,16). The van der Waals surface area contributed by atoms with Gasteiger partial charge in [-0.15, -0.1) is 0 Å². The smallest absolute Gasteiger partial charge is 0.246 e. The van der Waals surface area contributed by atoms with Crippen LogP contribution in [0.1, 0.15) is 5.56 Å². The van der Waals surface area contributed by atoms with Gasteiger partial charge in [0, 0.05) is 25.6 Å². The first kappa shape index (κ1) is 12.1. The van der Waals surface area contributed by atoms with E-state index in [0.717, 1.165) is 25.2 Å². The summed E-state index contributed by atoms with van der Waals surface area (Å²) in [7, 11) is 0. The zero-order valence-electron chi connectivity index (χ0n) is 9.82. The second kappa shape index (κ2) is 6.37. The van der Waals surface area contributed by atoms with Crippen LogP contribution in [0.5, 0.6) is 0 Å². The molecule has 0 atom stereocenters. The van der Waals surface area contributed by atoms with Crippen molar-refractivity contribution in [2.45, 2.75) is 6.61 Å². The lowest BCUT2D eigenvalue weighted by atomic mass is 10.0. The van der Waals surface area contributed by atoms with E-state index in [1.165, 1.54) is 0 Å². The van der Waals surface area contributed by atoms with E-state index in [9.17, 15) is 4.79 Å². The van der Waals surface area contributed by atoms with Gasteiger partial charge < -0.3 is 15.4 Å². The molecule has 17 heavy (non-hydrogen) atoms. The number of carbonyl (C=O) groups excluding carboxylic acids is 1. The van der Waals surface area contributed by atoms with Gasteiger partial charge in [-0.1, -0.05) is 30.3 Å². The van der Waals surface area contributed by atoms with Crippen LogP contribution in [-0.4, -0.2) is 32.1 Å². The van der Waals surface area contributed by atoms with Gasteiger partial charge in [-0.2, -0.15) is 0 Å². The summed E-state index contributed by atoms with van der Waals surface area (Å²) in [5.74, 6) is 0.556. The molecule has 0 saturated carbocycles. The van der Waals surface area contributed by atoms with Crippen LogP contribution in [0.15, 0.2) is 30.3 Å². The summed E-state index contributed by atoms with van der Waals surface area (Å²) in [5, 5.41) is 6.03. The maximum atomic E-state index is 11.4. The van der Waals surface area contributed by atoms with Gasteiger partial charge in [-0.3, -0.25) is 4.79 Å². The highest BCUT2D eigenvalue weighted by Gasteiger charge is 2.16. The maximum Gasteiger partial charge on any atom is 0.246 e. The van der Waals surface area contributed by atoms with Gasteiger partial charge in [-0.25, -0.2) is 0 Å². The van der Waals surface area contributed by atoms with Gasteiger partial charge in [0.2, 0.25) is 5.91 Å². The Balaban J connectivity index is 1.56. The molecule has 2 rings (SSSR count). The summed E-state index contributed by atoms with van der Waals surface area (Å²) >= 11 is 0. The maximum absolute atomic E-state index is 11.4. The fourth-order valence-corrected chi connectivity index (χ4v) is 1.64. The number of hydrogen-bond donors (Lipinski definition) is 2. The molecule has 4 heteroatoms. The molecule has 4 nitrogen and oxygen atoms in total. The number of amides is 1. The summed E-state index contributed by atoms with van der Waals surface area (Å²) in [4.78, 5) is 11.4. The monoisotopic (exact) mass is 234 g/mol. The highest BCUT2D eigenvalue weighted by Crippen LogP contribution is 2.01. The number of hydrogen-bond acceptors (Lipinski definition) is 3. The SMILES string of the molecule is O=C(COCc1ccccc1)NCC1CNC1. The molecule has 1 aromatic carbocycles. The molecule has 92 valence electrons. The fourth-order valence-electron chi connectivity index (χ4n) is 1.64. The Morgan fingerprint density at radius 3 is 2.76 bits per heavy atom. The zero-order chi connectivity index (χ0) is 11.9. The molecular formula is C13H18N2O2. The van der Waals surface area contributed by atoms with Crippen LogP contribution < -0.4 is 10.6 Å². The van der Waals surface area contributed by atoms with E-state index >= 15 is 0 Å². The molecule has 1 aromatic rings. The highest BCUT2D eigenvalue weighted by atomic mass is 16.5. The molecule has 2 N–H and O–H groups in total. The molecule has 0 unspecified atom stereocenters. The summed E-state index contributed by atoms with van der Waals surface area (Å²) in [6, 6.07) is 9.85. The predicted molar refractivity (Wildman–Crippen MR) is 65.5 cm³/mol. The van der Waals surface area contributed by atoms with Gasteiger partial charge in [0.05, 0.1) is 6.61 Å². The molecule has 0 spiro atoms. The van der Waals surface area contributed by atoms with E-state index < -0.39 is 0 Å². The van der Waals surface area contributed by atoms with Crippen molar-refractivity contribution >= 4 is 5.91 Å². The first-order valence-electron chi connectivity index (χ1n) is 5.93. The van der Waals surface area contributed by atoms with Gasteiger partial charge in [0.1, 0.15) is 6.61 Å². The van der Waals surface area contributed by atoms with Crippen molar-refractivity contribution in [3.05, 3.63) is 35.9 Å². The topological polar surface area (TPSA) is 50.4 Å². The zero-order valence-corrected chi connectivity index (χ0v) is 9.82. The highest BCUT2D eigenvalue weighted by molar-refractivity contribution is 5.77. The van der Waals surface area contributed by atoms with Crippen molar-refractivity contribution in [1.82, 2.24) is 10.6 Å². The second-order valence-corrected chi connectivity index (χ2v) is 4.31. The average Bonchev–Trinajstić information content (AvgIpc) is 2.28. The van der Waals surface area contributed by atoms with Gasteiger partial charge in [0.15, 0.2) is 0 Å². The summed E-state index contributed by atoms with van der Waals surface area (Å²) < 4.78 is 5.34. The van der Waals surface area contributed by atoms with E-state index in [0.29, 0.717) is 12.5 Å². The Morgan fingerprint density at radius 1 is 1.35 bits per heavy atom. The number of rotatable bonds is 6. The molecule has 0 bridgehead atoms. The summed E-state index contributed by atoms with van der Waals surface area (Å²) in [6.45, 7) is 3.38. The second-order valence-electron chi connectivity index (χ2n) is 4.31. The van der Waals surface area contributed by atoms with Crippen molar-refractivity contribution in [3.63, 3.8) is 0 Å². The van der Waals surface area contributed by atoms with E-state index in [4.69, 9.17) is 4.74 Å². The molecule has 1 amide bonds. The van der Waals surface area contributed by atoms with Crippen LogP contribution in [0.25, 0.3) is 0 Å². The van der Waals surface area contributed by atoms with E-state index in [-0.39, 0.29) is 12.5 Å². The molecule has 1 aliphatic heterocycles. The number of carbonyl (C=O) groups is 1. The molecule has 1 fully saturated rings. The third kappa shape index (κ3) is 4.17. The minimum absolute atomic E-state index is 0.0344. The van der Waals surface area contributed by atoms with E-state index in [1.54, 1.807) is 0 Å². The third-order valence-corrected chi connectivity index (χ3v) is 2.80. The lowest BCUT2D eigenvalue weighted by molar-refractivity contribution is -0.126. The first-order chi connectivity index (χ1) is 8.34. The summed E-state index contributed by atoms with van der Waals surface area (Å²) in [6.07, 6.45) is 0. The Kier molecular flexibility index (Phi) is 4.53. The van der Waals surface area contributed by atoms with Crippen LogP contribution in [0.4, 0.5) is 0 Å². The van der Waals surface area contributed by atoms with Crippen LogP contribution in [0.3, 0.4) is 0 Å². The van der Waals surface area contributed by atoms with Crippen LogP contribution in [-0.2, 0) is 16.1 Å². The minimum Gasteiger partial charge on any atom is -0.367 e. The van der Waals surface area contributed by atoms with Gasteiger partial charge in [0.25, 0.3) is 0 Å². The minimum atomic E-state index is -0.0344. The molecule has 1 aliphatic rings. The van der Waals surface area contributed by atoms with Crippen LogP contribution >= 0.6 is 0 Å². The Hall–Kier alpha value is -1.39. The molecule has 0 radical (unpaired) electrons. The van der Waals surface area contributed by atoms with Gasteiger partial charge >= 0.3 is 0 Å². The van der Waals surface area contributed by atoms with E-state index in [2.05, 4.69) is 10.6 Å².